The SMILES string of the molecule is COCCCOc1cc(C[C@@H](C[C@H](CC(=O)OC(C)(C)C)[C@H](C[C@H](C(=O)O)C(C)C)O[Si](C)(C)C(C)(C)C)C(C)C)ccc1OC. The maximum atomic E-state index is 13.4. The quantitative estimate of drug-likeness (QED) is 0.0837. The van der Waals surface area contributed by atoms with Gasteiger partial charge in [-0.25, -0.2) is 0 Å². The van der Waals surface area contributed by atoms with Crippen molar-refractivity contribution in [2.75, 3.05) is 27.4 Å². The van der Waals surface area contributed by atoms with Gasteiger partial charge in [0.25, 0.3) is 0 Å². The molecule has 0 bridgehead atoms. The summed E-state index contributed by atoms with van der Waals surface area (Å²) in [5.41, 5.74) is 0.490. The third kappa shape index (κ3) is 14.3. The van der Waals surface area contributed by atoms with Crippen LogP contribution in [0.4, 0.5) is 0 Å². The Bertz CT molecular complexity index is 1070. The van der Waals surface area contributed by atoms with Gasteiger partial charge in [-0.05, 0) is 99.5 Å². The Morgan fingerprint density at radius 1 is 0.870 bits per heavy atom. The number of carboxylic acid groups (broad SMARTS) is 1. The van der Waals surface area contributed by atoms with Gasteiger partial charge in [-0.3, -0.25) is 9.59 Å². The van der Waals surface area contributed by atoms with Crippen molar-refractivity contribution in [2.45, 2.75) is 131 Å². The molecule has 46 heavy (non-hydrogen) atoms. The molecule has 0 fully saturated rings. The summed E-state index contributed by atoms with van der Waals surface area (Å²) in [6, 6.07) is 6.06. The number of carboxylic acids is 1. The van der Waals surface area contributed by atoms with E-state index in [0.29, 0.717) is 43.5 Å². The summed E-state index contributed by atoms with van der Waals surface area (Å²) in [6.07, 6.45) is 2.33. The van der Waals surface area contributed by atoms with Gasteiger partial charge in [-0.1, -0.05) is 54.5 Å². The third-order valence-electron chi connectivity index (χ3n) is 9.26. The minimum absolute atomic E-state index is 0.0762. The van der Waals surface area contributed by atoms with Gasteiger partial charge in [0.2, 0.25) is 0 Å². The van der Waals surface area contributed by atoms with E-state index in [0.717, 1.165) is 18.4 Å². The Labute approximate surface area is 281 Å². The van der Waals surface area contributed by atoms with Crippen LogP contribution in [0.15, 0.2) is 18.2 Å². The second-order valence-electron chi connectivity index (χ2n) is 16.0. The molecule has 0 radical (unpaired) electrons. The number of esters is 1. The van der Waals surface area contributed by atoms with Crippen LogP contribution in [0.25, 0.3) is 0 Å². The van der Waals surface area contributed by atoms with Crippen LogP contribution in [-0.4, -0.2) is 64.5 Å². The summed E-state index contributed by atoms with van der Waals surface area (Å²) in [6.45, 7) is 26.0. The molecule has 0 heterocycles. The Morgan fingerprint density at radius 2 is 1.50 bits per heavy atom. The van der Waals surface area contributed by atoms with Crippen molar-refractivity contribution < 1.29 is 38.1 Å². The molecule has 0 saturated carbocycles. The average molecular weight is 667 g/mol. The molecule has 266 valence electrons. The first-order valence-electron chi connectivity index (χ1n) is 17.0. The number of methoxy groups -OCH3 is 2. The minimum Gasteiger partial charge on any atom is -0.493 e. The standard InChI is InChI=1S/C37H66O8Si/c1-25(2)28(20-27-16-17-31(42-12)33(21-27)43-19-15-18-41-11)22-29(23-34(38)44-36(5,6)7)32(24-30(26(3)4)35(39)40)45-46(13,14)37(8,9)10/h16-17,21,25-26,28-30,32H,15,18-20,22-24H2,1-14H3,(H,39,40)/t28-,29+,30-,32-/m0/s1. The summed E-state index contributed by atoms with van der Waals surface area (Å²) < 4.78 is 29.7. The van der Waals surface area contributed by atoms with Crippen LogP contribution >= 0.6 is 0 Å². The molecule has 0 spiro atoms. The fourth-order valence-corrected chi connectivity index (χ4v) is 6.79. The van der Waals surface area contributed by atoms with Crippen molar-refractivity contribution in [3.05, 3.63) is 23.8 Å². The highest BCUT2D eigenvalue weighted by molar-refractivity contribution is 6.74. The summed E-state index contributed by atoms with van der Waals surface area (Å²) in [4.78, 5) is 25.9. The second-order valence-corrected chi connectivity index (χ2v) is 20.8. The lowest BCUT2D eigenvalue weighted by atomic mass is 9.76. The molecule has 0 aromatic heterocycles. The zero-order valence-electron chi connectivity index (χ0n) is 31.5. The lowest BCUT2D eigenvalue weighted by Gasteiger charge is -2.43. The molecular weight excluding hydrogens is 600 g/mol. The molecule has 8 nitrogen and oxygen atoms in total. The summed E-state index contributed by atoms with van der Waals surface area (Å²) in [5, 5.41) is 10.1. The van der Waals surface area contributed by atoms with Gasteiger partial charge < -0.3 is 28.5 Å². The van der Waals surface area contributed by atoms with E-state index in [2.05, 4.69) is 53.8 Å². The van der Waals surface area contributed by atoms with Crippen molar-refractivity contribution in [1.29, 1.82) is 0 Å². The Hall–Kier alpha value is -2.10. The average Bonchev–Trinajstić information content (AvgIpc) is 2.90. The normalized spacial score (nSPS) is 15.4. The smallest absolute Gasteiger partial charge is 0.306 e. The highest BCUT2D eigenvalue weighted by Gasteiger charge is 2.43. The molecule has 1 aromatic rings. The van der Waals surface area contributed by atoms with Gasteiger partial charge in [-0.2, -0.15) is 0 Å². The summed E-state index contributed by atoms with van der Waals surface area (Å²) in [7, 11) is 0.976. The van der Waals surface area contributed by atoms with E-state index in [1.807, 2.05) is 46.8 Å². The molecule has 0 saturated heterocycles. The topological polar surface area (TPSA) is 101 Å². The maximum absolute atomic E-state index is 13.4. The highest BCUT2D eigenvalue weighted by Crippen LogP contribution is 2.42. The number of carbonyl (C=O) groups excluding carboxylic acids is 1. The molecule has 4 atom stereocenters. The van der Waals surface area contributed by atoms with E-state index >= 15 is 0 Å². The van der Waals surface area contributed by atoms with E-state index in [1.54, 1.807) is 14.2 Å². The minimum atomic E-state index is -2.34. The second kappa shape index (κ2) is 18.4. The monoisotopic (exact) mass is 666 g/mol. The summed E-state index contributed by atoms with van der Waals surface area (Å²) in [5.74, 6) is -0.132. The zero-order valence-corrected chi connectivity index (χ0v) is 32.5. The molecule has 1 aromatic carbocycles. The molecule has 0 aliphatic rings. The number of hydrogen-bond donors (Lipinski definition) is 1. The van der Waals surface area contributed by atoms with E-state index in [1.165, 1.54) is 0 Å². The third-order valence-corrected chi connectivity index (χ3v) is 13.8. The number of aliphatic carboxylic acids is 1. The lowest BCUT2D eigenvalue weighted by molar-refractivity contribution is -0.157. The van der Waals surface area contributed by atoms with Crippen LogP contribution < -0.4 is 9.47 Å². The van der Waals surface area contributed by atoms with Crippen molar-refractivity contribution in [3.63, 3.8) is 0 Å². The van der Waals surface area contributed by atoms with Crippen LogP contribution in [0.3, 0.4) is 0 Å². The Balaban J connectivity index is 3.59. The van der Waals surface area contributed by atoms with Crippen LogP contribution in [0.2, 0.25) is 18.1 Å². The highest BCUT2D eigenvalue weighted by atomic mass is 28.4. The molecule has 0 amide bonds. The predicted octanol–water partition coefficient (Wildman–Crippen LogP) is 8.80. The van der Waals surface area contributed by atoms with Crippen molar-refractivity contribution in [3.8, 4) is 11.5 Å². The number of carbonyl (C=O) groups is 2. The fourth-order valence-electron chi connectivity index (χ4n) is 5.39. The first-order valence-corrected chi connectivity index (χ1v) is 19.9. The molecule has 0 aliphatic carbocycles. The maximum Gasteiger partial charge on any atom is 0.306 e. The van der Waals surface area contributed by atoms with Crippen LogP contribution in [-0.2, 0) is 29.9 Å². The van der Waals surface area contributed by atoms with Gasteiger partial charge in [-0.15, -0.1) is 0 Å². The van der Waals surface area contributed by atoms with Crippen LogP contribution in [0.5, 0.6) is 11.5 Å². The first kappa shape index (κ1) is 41.9. The molecule has 0 aliphatic heterocycles. The molecule has 9 heteroatoms. The van der Waals surface area contributed by atoms with Crippen molar-refractivity contribution in [2.24, 2.45) is 29.6 Å². The summed E-state index contributed by atoms with van der Waals surface area (Å²) >= 11 is 0. The Kier molecular flexibility index (Phi) is 16.8. The van der Waals surface area contributed by atoms with Gasteiger partial charge in [0, 0.05) is 26.2 Å². The van der Waals surface area contributed by atoms with Crippen molar-refractivity contribution >= 4 is 20.3 Å². The lowest BCUT2D eigenvalue weighted by Crippen LogP contribution is -2.47. The predicted molar refractivity (Wildman–Crippen MR) is 188 cm³/mol. The van der Waals surface area contributed by atoms with E-state index in [9.17, 15) is 14.7 Å². The van der Waals surface area contributed by atoms with E-state index in [4.69, 9.17) is 23.4 Å². The molecule has 0 unspecified atom stereocenters. The Morgan fingerprint density at radius 3 is 1.98 bits per heavy atom. The van der Waals surface area contributed by atoms with Crippen molar-refractivity contribution in [1.82, 2.24) is 0 Å². The van der Waals surface area contributed by atoms with E-state index in [-0.39, 0.29) is 35.2 Å². The molecule has 1 N–H and O–H groups in total. The zero-order chi connectivity index (χ0) is 35.5. The largest absolute Gasteiger partial charge is 0.493 e. The molecule has 1 rings (SSSR count). The van der Waals surface area contributed by atoms with Crippen LogP contribution in [0.1, 0.15) is 100 Å². The van der Waals surface area contributed by atoms with Gasteiger partial charge in [0.15, 0.2) is 19.8 Å². The molecular formula is C37H66O8Si. The fraction of sp³-hybridized carbons (Fsp3) is 0.784. The van der Waals surface area contributed by atoms with E-state index < -0.39 is 31.9 Å². The number of ether oxygens (including phenoxy) is 4. The van der Waals surface area contributed by atoms with Gasteiger partial charge in [0.05, 0.1) is 26.1 Å². The number of benzene rings is 1. The van der Waals surface area contributed by atoms with Gasteiger partial charge >= 0.3 is 11.9 Å². The number of hydrogen-bond acceptors (Lipinski definition) is 7. The first-order chi connectivity index (χ1) is 21.1. The van der Waals surface area contributed by atoms with Crippen LogP contribution in [0, 0.1) is 29.6 Å². The van der Waals surface area contributed by atoms with Gasteiger partial charge in [0.1, 0.15) is 5.60 Å². The number of rotatable bonds is 20.